The van der Waals surface area contributed by atoms with E-state index in [4.69, 9.17) is 9.84 Å². The van der Waals surface area contributed by atoms with Crippen molar-refractivity contribution in [1.82, 2.24) is 4.72 Å². The first kappa shape index (κ1) is 16.5. The normalized spacial score (nSPS) is 23.9. The number of nitrogens with one attached hydrogen (secondary N) is 1. The summed E-state index contributed by atoms with van der Waals surface area (Å²) in [5.74, 6) is 0.959. The van der Waals surface area contributed by atoms with Gasteiger partial charge in [-0.15, -0.1) is 0 Å². The predicted octanol–water partition coefficient (Wildman–Crippen LogP) is 3.12. The molecule has 0 amide bonds. The molecule has 0 bridgehead atoms. The van der Waals surface area contributed by atoms with Crippen LogP contribution in [0, 0.1) is 17.2 Å². The number of benzene rings is 1. The average molecular weight is 320 g/mol. The highest BCUT2D eigenvalue weighted by atomic mass is 32.2. The van der Waals surface area contributed by atoms with Crippen LogP contribution in [0.3, 0.4) is 0 Å². The molecule has 2 N–H and O–H groups in total. The van der Waals surface area contributed by atoms with Crippen LogP contribution in [-0.2, 0) is 5.41 Å². The Morgan fingerprint density at radius 3 is 2.86 bits per heavy atom. The van der Waals surface area contributed by atoms with Crippen LogP contribution in [0.4, 0.5) is 4.79 Å². The van der Waals surface area contributed by atoms with Gasteiger partial charge in [-0.25, -0.2) is 4.79 Å². The first-order valence-corrected chi connectivity index (χ1v) is 8.37. The SMILES string of the molecule is CC(C)COc1ccc(C2(C)C=S(C(=O)O)NC2)cc1C#N. The second kappa shape index (κ2) is 6.51. The lowest BCUT2D eigenvalue weighted by Gasteiger charge is -2.22. The van der Waals surface area contributed by atoms with Gasteiger partial charge in [0.15, 0.2) is 0 Å². The van der Waals surface area contributed by atoms with Gasteiger partial charge >= 0.3 is 5.30 Å². The van der Waals surface area contributed by atoms with Crippen LogP contribution in [-0.4, -0.2) is 28.9 Å². The van der Waals surface area contributed by atoms with Crippen LogP contribution in [0.2, 0.25) is 0 Å². The summed E-state index contributed by atoms with van der Waals surface area (Å²) < 4.78 is 8.65. The number of nitriles is 1. The summed E-state index contributed by atoms with van der Waals surface area (Å²) >= 11 is 0. The Balaban J connectivity index is 2.31. The molecule has 0 radical (unpaired) electrons. The summed E-state index contributed by atoms with van der Waals surface area (Å²) in [5.41, 5.74) is 1.00. The molecular weight excluding hydrogens is 300 g/mol. The summed E-state index contributed by atoms with van der Waals surface area (Å²) in [6.45, 7) is 7.17. The third-order valence-electron chi connectivity index (χ3n) is 3.49. The average Bonchev–Trinajstić information content (AvgIpc) is 2.89. The number of rotatable bonds is 4. The summed E-state index contributed by atoms with van der Waals surface area (Å²) in [6, 6.07) is 7.66. The van der Waals surface area contributed by atoms with Crippen molar-refractivity contribution in [3.05, 3.63) is 29.3 Å². The molecule has 0 aromatic heterocycles. The molecule has 2 atom stereocenters. The number of hydrogen-bond donors (Lipinski definition) is 2. The fourth-order valence-corrected chi connectivity index (χ4v) is 3.71. The highest BCUT2D eigenvalue weighted by Crippen LogP contribution is 2.33. The molecule has 1 aromatic carbocycles. The lowest BCUT2D eigenvalue weighted by atomic mass is 9.84. The van der Waals surface area contributed by atoms with Gasteiger partial charge < -0.3 is 9.84 Å². The Bertz CT molecular complexity index is 664. The van der Waals surface area contributed by atoms with Gasteiger partial charge in [0.1, 0.15) is 11.8 Å². The molecule has 1 heterocycles. The summed E-state index contributed by atoms with van der Waals surface area (Å²) in [6.07, 6.45) is 0. The van der Waals surface area contributed by atoms with E-state index in [-0.39, 0.29) is 0 Å². The van der Waals surface area contributed by atoms with Gasteiger partial charge in [0.25, 0.3) is 0 Å². The molecule has 5 nitrogen and oxygen atoms in total. The zero-order valence-electron chi connectivity index (χ0n) is 12.9. The van der Waals surface area contributed by atoms with E-state index in [0.717, 1.165) is 5.56 Å². The van der Waals surface area contributed by atoms with Crippen molar-refractivity contribution < 1.29 is 14.6 Å². The maximum Gasteiger partial charge on any atom is 0.372 e. The molecule has 1 aromatic rings. The molecule has 1 aliphatic heterocycles. The third-order valence-corrected chi connectivity index (χ3v) is 5.08. The molecule has 2 rings (SSSR count). The lowest BCUT2D eigenvalue weighted by Crippen LogP contribution is -2.28. The number of hydrogen-bond acceptors (Lipinski definition) is 4. The Kier molecular flexibility index (Phi) is 4.89. The van der Waals surface area contributed by atoms with E-state index >= 15 is 0 Å². The van der Waals surface area contributed by atoms with Crippen molar-refractivity contribution >= 4 is 21.3 Å². The summed E-state index contributed by atoms with van der Waals surface area (Å²) in [4.78, 5) is 11.1. The van der Waals surface area contributed by atoms with E-state index < -0.39 is 21.4 Å². The maximum atomic E-state index is 11.1. The minimum atomic E-state index is -0.945. The Hall–Kier alpha value is -1.84. The molecule has 0 saturated heterocycles. The van der Waals surface area contributed by atoms with Gasteiger partial charge in [-0.05, 0) is 39.7 Å². The van der Waals surface area contributed by atoms with Crippen molar-refractivity contribution in [2.75, 3.05) is 13.2 Å². The standard InChI is InChI=1S/C16H20N2O3S/c1-11(2)8-21-14-5-4-13(6-12(14)7-17)16(3)9-18-22(10-16)15(19)20/h4-6,10-11,18H,8-9H2,1-3H3,(H,19,20). The van der Waals surface area contributed by atoms with Crippen molar-refractivity contribution in [3.63, 3.8) is 0 Å². The first-order chi connectivity index (χ1) is 10.4. The number of ether oxygens (including phenoxy) is 1. The molecule has 118 valence electrons. The first-order valence-electron chi connectivity index (χ1n) is 7.08. The molecule has 0 aliphatic carbocycles. The highest BCUT2D eigenvalue weighted by Gasteiger charge is 2.32. The quantitative estimate of drug-likeness (QED) is 0.833. The van der Waals surface area contributed by atoms with Gasteiger partial charge in [0, 0.05) is 12.0 Å². The molecule has 0 saturated carbocycles. The predicted molar refractivity (Wildman–Crippen MR) is 88.5 cm³/mol. The fourth-order valence-electron chi connectivity index (χ4n) is 2.21. The van der Waals surface area contributed by atoms with E-state index in [9.17, 15) is 10.1 Å². The van der Waals surface area contributed by atoms with Crippen LogP contribution in [0.1, 0.15) is 31.9 Å². The van der Waals surface area contributed by atoms with Gasteiger partial charge in [-0.2, -0.15) is 5.26 Å². The second-order valence-corrected chi connectivity index (χ2v) is 7.54. The van der Waals surface area contributed by atoms with Crippen molar-refractivity contribution in [3.8, 4) is 11.8 Å². The van der Waals surface area contributed by atoms with E-state index in [1.54, 1.807) is 17.5 Å². The van der Waals surface area contributed by atoms with Gasteiger partial charge in [-0.1, -0.05) is 26.8 Å². The lowest BCUT2D eigenvalue weighted by molar-refractivity contribution is 0.222. The van der Waals surface area contributed by atoms with Crippen molar-refractivity contribution in [2.45, 2.75) is 26.2 Å². The Morgan fingerprint density at radius 1 is 1.59 bits per heavy atom. The van der Waals surface area contributed by atoms with Gasteiger partial charge in [-0.3, -0.25) is 4.72 Å². The Morgan fingerprint density at radius 2 is 2.32 bits per heavy atom. The molecule has 22 heavy (non-hydrogen) atoms. The monoisotopic (exact) mass is 320 g/mol. The molecule has 1 aliphatic rings. The topological polar surface area (TPSA) is 82.3 Å². The van der Waals surface area contributed by atoms with Gasteiger partial charge in [0.2, 0.25) is 0 Å². The Labute approximate surface area is 133 Å². The number of carbonyl (C=O) groups is 1. The molecule has 6 heteroatoms. The summed E-state index contributed by atoms with van der Waals surface area (Å²) in [5, 5.41) is 19.4. The minimum absolute atomic E-state index is 0.383. The van der Waals surface area contributed by atoms with E-state index in [0.29, 0.717) is 30.4 Å². The van der Waals surface area contributed by atoms with Crippen LogP contribution in [0.5, 0.6) is 5.75 Å². The smallest absolute Gasteiger partial charge is 0.372 e. The van der Waals surface area contributed by atoms with Crippen molar-refractivity contribution in [1.29, 1.82) is 5.26 Å². The van der Waals surface area contributed by atoms with Gasteiger partial charge in [0.05, 0.1) is 12.2 Å². The van der Waals surface area contributed by atoms with Crippen LogP contribution >= 0.6 is 10.7 Å². The van der Waals surface area contributed by atoms with Crippen molar-refractivity contribution in [2.24, 2.45) is 5.92 Å². The summed E-state index contributed by atoms with van der Waals surface area (Å²) in [7, 11) is -0.945. The van der Waals surface area contributed by atoms with E-state index in [1.165, 1.54) is 0 Å². The highest BCUT2D eigenvalue weighted by molar-refractivity contribution is 8.26. The largest absolute Gasteiger partial charge is 0.492 e. The second-order valence-electron chi connectivity index (χ2n) is 5.99. The number of carboxylic acid groups (broad SMARTS) is 1. The molecule has 2 unspecified atom stereocenters. The van der Waals surface area contributed by atoms with Crippen LogP contribution < -0.4 is 9.46 Å². The third kappa shape index (κ3) is 3.49. The molecule has 0 fully saturated rings. The maximum absolute atomic E-state index is 11.1. The van der Waals surface area contributed by atoms with Crippen LogP contribution in [0.25, 0.3) is 0 Å². The molecule has 0 spiro atoms. The zero-order valence-corrected chi connectivity index (χ0v) is 13.7. The minimum Gasteiger partial charge on any atom is -0.492 e. The van der Waals surface area contributed by atoms with E-state index in [1.807, 2.05) is 26.8 Å². The number of nitrogens with zero attached hydrogens (tertiary/aromatic N) is 1. The van der Waals surface area contributed by atoms with Crippen LogP contribution in [0.15, 0.2) is 18.2 Å². The zero-order chi connectivity index (χ0) is 16.3. The molecular formula is C16H20N2O3S. The van der Waals surface area contributed by atoms with E-state index in [2.05, 4.69) is 10.8 Å². The fraction of sp³-hybridized carbons (Fsp3) is 0.438.